The first-order chi connectivity index (χ1) is 14.8. The highest BCUT2D eigenvalue weighted by Crippen LogP contribution is 2.14. The lowest BCUT2D eigenvalue weighted by Crippen LogP contribution is -2.38. The van der Waals surface area contributed by atoms with Gasteiger partial charge in [-0.1, -0.05) is 30.3 Å². The third-order valence-electron chi connectivity index (χ3n) is 4.95. The first-order valence-electron chi connectivity index (χ1n) is 11.0. The van der Waals surface area contributed by atoms with Crippen LogP contribution in [-0.2, 0) is 28.9 Å². The molecule has 1 aliphatic heterocycles. The van der Waals surface area contributed by atoms with E-state index in [-0.39, 0.29) is 0 Å². The van der Waals surface area contributed by atoms with Gasteiger partial charge in [-0.05, 0) is 31.7 Å². The Hall–Kier alpha value is -1.96. The molecule has 1 unspecified atom stereocenters. The second-order valence-corrected chi connectivity index (χ2v) is 8.44. The van der Waals surface area contributed by atoms with E-state index in [1.54, 1.807) is 11.3 Å². The molecule has 1 saturated heterocycles. The number of nitrogens with zero attached hydrogens (tertiary/aromatic N) is 2. The smallest absolute Gasteiger partial charge is 0.191 e. The standard InChI is InChI=1S/C23H34N4O2S/c1-2-24-23(25-12-6-13-28-16-20-11-14-29-17-20)26-15-21-18-30-22(27-21)10-9-19-7-4-3-5-8-19/h3-5,7-8,18,20H,2,6,9-17H2,1H3,(H2,24,25,26). The molecule has 1 atom stereocenters. The van der Waals surface area contributed by atoms with Crippen LogP contribution in [0.3, 0.4) is 0 Å². The van der Waals surface area contributed by atoms with Crippen molar-refractivity contribution in [3.63, 3.8) is 0 Å². The van der Waals surface area contributed by atoms with Gasteiger partial charge in [0.25, 0.3) is 0 Å². The molecule has 2 N–H and O–H groups in total. The molecule has 6 nitrogen and oxygen atoms in total. The Morgan fingerprint density at radius 3 is 2.97 bits per heavy atom. The maximum absolute atomic E-state index is 5.76. The van der Waals surface area contributed by atoms with E-state index in [1.165, 1.54) is 10.6 Å². The Kier molecular flexibility index (Phi) is 10.1. The van der Waals surface area contributed by atoms with Crippen LogP contribution < -0.4 is 10.6 Å². The normalized spacial score (nSPS) is 16.7. The molecule has 164 valence electrons. The molecule has 2 aromatic rings. The topological polar surface area (TPSA) is 67.8 Å². The highest BCUT2D eigenvalue weighted by molar-refractivity contribution is 7.09. The minimum atomic E-state index is 0.576. The number of hydrogen-bond donors (Lipinski definition) is 2. The molecule has 1 aromatic heterocycles. The van der Waals surface area contributed by atoms with Crippen molar-refractivity contribution in [2.45, 2.75) is 39.2 Å². The molecule has 1 aromatic carbocycles. The first-order valence-corrected chi connectivity index (χ1v) is 11.9. The van der Waals surface area contributed by atoms with Gasteiger partial charge in [0.1, 0.15) is 0 Å². The number of nitrogens with one attached hydrogen (secondary N) is 2. The van der Waals surface area contributed by atoms with Gasteiger partial charge in [0.15, 0.2) is 5.96 Å². The van der Waals surface area contributed by atoms with Gasteiger partial charge in [-0.2, -0.15) is 0 Å². The summed E-state index contributed by atoms with van der Waals surface area (Å²) < 4.78 is 11.1. The van der Waals surface area contributed by atoms with Gasteiger partial charge in [0, 0.05) is 44.0 Å². The van der Waals surface area contributed by atoms with E-state index >= 15 is 0 Å². The lowest BCUT2D eigenvalue weighted by molar-refractivity contribution is 0.0888. The molecule has 1 fully saturated rings. The Balaban J connectivity index is 1.34. The maximum Gasteiger partial charge on any atom is 0.191 e. The summed E-state index contributed by atoms with van der Waals surface area (Å²) in [5.41, 5.74) is 2.38. The van der Waals surface area contributed by atoms with Crippen molar-refractivity contribution in [1.29, 1.82) is 0 Å². The second-order valence-electron chi connectivity index (χ2n) is 7.50. The molecular weight excluding hydrogens is 396 g/mol. The number of aryl methyl sites for hydroxylation is 2. The summed E-state index contributed by atoms with van der Waals surface area (Å²) in [7, 11) is 0. The molecule has 0 amide bonds. The van der Waals surface area contributed by atoms with Crippen LogP contribution in [0.1, 0.15) is 36.0 Å². The van der Waals surface area contributed by atoms with Crippen LogP contribution in [0.15, 0.2) is 40.7 Å². The quantitative estimate of drug-likeness (QED) is 0.307. The number of benzene rings is 1. The van der Waals surface area contributed by atoms with Gasteiger partial charge in [0.2, 0.25) is 0 Å². The molecule has 0 aliphatic carbocycles. The van der Waals surface area contributed by atoms with E-state index in [4.69, 9.17) is 14.5 Å². The van der Waals surface area contributed by atoms with Crippen molar-refractivity contribution in [1.82, 2.24) is 15.6 Å². The van der Waals surface area contributed by atoms with Crippen LogP contribution in [-0.4, -0.2) is 50.5 Å². The molecule has 0 saturated carbocycles. The van der Waals surface area contributed by atoms with Gasteiger partial charge in [-0.3, -0.25) is 0 Å². The largest absolute Gasteiger partial charge is 0.381 e. The molecule has 2 heterocycles. The molecule has 0 spiro atoms. The van der Waals surface area contributed by atoms with E-state index in [2.05, 4.69) is 58.3 Å². The van der Waals surface area contributed by atoms with E-state index in [0.29, 0.717) is 12.5 Å². The molecule has 1 aliphatic rings. The lowest BCUT2D eigenvalue weighted by Gasteiger charge is -2.12. The molecular formula is C23H34N4O2S. The van der Waals surface area contributed by atoms with Gasteiger partial charge >= 0.3 is 0 Å². The monoisotopic (exact) mass is 430 g/mol. The van der Waals surface area contributed by atoms with E-state index in [9.17, 15) is 0 Å². The maximum atomic E-state index is 5.76. The Labute approximate surface area is 184 Å². The molecule has 0 bridgehead atoms. The van der Waals surface area contributed by atoms with Crippen LogP contribution in [0.4, 0.5) is 0 Å². The van der Waals surface area contributed by atoms with Crippen molar-refractivity contribution in [2.24, 2.45) is 10.9 Å². The number of thiazole rings is 1. The highest BCUT2D eigenvalue weighted by atomic mass is 32.1. The van der Waals surface area contributed by atoms with E-state index in [1.807, 2.05) is 0 Å². The summed E-state index contributed by atoms with van der Waals surface area (Å²) in [5.74, 6) is 1.41. The molecule has 0 radical (unpaired) electrons. The van der Waals surface area contributed by atoms with Gasteiger partial charge in [0.05, 0.1) is 30.5 Å². The average Bonchev–Trinajstić information content (AvgIpc) is 3.45. The molecule has 7 heteroatoms. The number of rotatable bonds is 12. The average molecular weight is 431 g/mol. The minimum absolute atomic E-state index is 0.576. The summed E-state index contributed by atoms with van der Waals surface area (Å²) in [4.78, 5) is 9.42. The number of aliphatic imine (C=N–C) groups is 1. The Morgan fingerprint density at radius 2 is 2.17 bits per heavy atom. The van der Waals surface area contributed by atoms with Crippen molar-refractivity contribution < 1.29 is 9.47 Å². The Morgan fingerprint density at radius 1 is 1.27 bits per heavy atom. The van der Waals surface area contributed by atoms with Crippen molar-refractivity contribution >= 4 is 17.3 Å². The molecule has 30 heavy (non-hydrogen) atoms. The van der Waals surface area contributed by atoms with E-state index < -0.39 is 0 Å². The number of ether oxygens (including phenoxy) is 2. The van der Waals surface area contributed by atoms with Crippen molar-refractivity contribution in [3.05, 3.63) is 52.0 Å². The summed E-state index contributed by atoms with van der Waals surface area (Å²) in [6.07, 6.45) is 4.08. The fourth-order valence-corrected chi connectivity index (χ4v) is 4.07. The number of aromatic nitrogens is 1. The summed E-state index contributed by atoms with van der Waals surface area (Å²) >= 11 is 1.72. The number of hydrogen-bond acceptors (Lipinski definition) is 5. The predicted molar refractivity (Wildman–Crippen MR) is 123 cm³/mol. The summed E-state index contributed by atoms with van der Waals surface area (Å²) in [6, 6.07) is 10.6. The van der Waals surface area contributed by atoms with Gasteiger partial charge in [-0.15, -0.1) is 11.3 Å². The first kappa shape index (κ1) is 22.7. The molecule has 3 rings (SSSR count). The summed E-state index contributed by atoms with van der Waals surface area (Å²) in [6.45, 7) is 7.65. The van der Waals surface area contributed by atoms with Crippen LogP contribution >= 0.6 is 11.3 Å². The highest BCUT2D eigenvalue weighted by Gasteiger charge is 2.15. The van der Waals surface area contributed by atoms with Crippen molar-refractivity contribution in [2.75, 3.05) is 39.5 Å². The van der Waals surface area contributed by atoms with Crippen molar-refractivity contribution in [3.8, 4) is 0 Å². The Bertz CT molecular complexity index is 745. The van der Waals surface area contributed by atoms with Crippen LogP contribution in [0.2, 0.25) is 0 Å². The fraction of sp³-hybridized carbons (Fsp3) is 0.565. The van der Waals surface area contributed by atoms with E-state index in [0.717, 1.165) is 76.9 Å². The SMILES string of the molecule is CCNC(=NCc1csc(CCc2ccccc2)n1)NCCCOCC1CCOC1. The third-order valence-corrected chi connectivity index (χ3v) is 5.91. The fourth-order valence-electron chi connectivity index (χ4n) is 3.28. The van der Waals surface area contributed by atoms with Crippen LogP contribution in [0.5, 0.6) is 0 Å². The summed E-state index contributed by atoms with van der Waals surface area (Å²) in [5, 5.41) is 9.97. The van der Waals surface area contributed by atoms with Crippen LogP contribution in [0.25, 0.3) is 0 Å². The number of guanidine groups is 1. The zero-order valence-electron chi connectivity index (χ0n) is 17.9. The second kappa shape index (κ2) is 13.4. The van der Waals surface area contributed by atoms with Gasteiger partial charge < -0.3 is 20.1 Å². The van der Waals surface area contributed by atoms with Gasteiger partial charge in [-0.25, -0.2) is 9.98 Å². The predicted octanol–water partition coefficient (Wildman–Crippen LogP) is 3.43. The van der Waals surface area contributed by atoms with Crippen LogP contribution in [0, 0.1) is 5.92 Å². The third kappa shape index (κ3) is 8.42. The zero-order chi connectivity index (χ0) is 20.9. The minimum Gasteiger partial charge on any atom is -0.381 e. The lowest BCUT2D eigenvalue weighted by atomic mass is 10.1. The zero-order valence-corrected chi connectivity index (χ0v) is 18.8.